The molecule has 0 fully saturated rings. The van der Waals surface area contributed by atoms with E-state index in [1.807, 2.05) is 7.05 Å². The van der Waals surface area contributed by atoms with Crippen LogP contribution in [0.2, 0.25) is 0 Å². The number of hydroxylamine groups is 1. The number of hydrogen-bond acceptors (Lipinski definition) is 2. The molecular formula is C11H15NO. The monoisotopic (exact) mass is 177 g/mol. The van der Waals surface area contributed by atoms with Crippen molar-refractivity contribution in [3.63, 3.8) is 0 Å². The lowest BCUT2D eigenvalue weighted by Crippen LogP contribution is -2.14. The summed E-state index contributed by atoms with van der Waals surface area (Å²) in [6.45, 7) is 0. The van der Waals surface area contributed by atoms with Gasteiger partial charge in [0.25, 0.3) is 0 Å². The van der Waals surface area contributed by atoms with Gasteiger partial charge >= 0.3 is 0 Å². The lowest BCUT2D eigenvalue weighted by molar-refractivity contribution is 0.184. The molecule has 0 saturated carbocycles. The second-order valence-electron chi connectivity index (χ2n) is 3.49. The summed E-state index contributed by atoms with van der Waals surface area (Å²) in [5.74, 6) is 0. The molecule has 0 unspecified atom stereocenters. The molecule has 0 aliphatic heterocycles. The predicted molar refractivity (Wildman–Crippen MR) is 53.9 cm³/mol. The minimum absolute atomic E-state index is 1.14. The van der Waals surface area contributed by atoms with E-state index in [2.05, 4.69) is 18.2 Å². The maximum atomic E-state index is 5.13. The van der Waals surface area contributed by atoms with Crippen LogP contribution in [0.15, 0.2) is 18.2 Å². The van der Waals surface area contributed by atoms with Gasteiger partial charge in [-0.25, -0.2) is 0 Å². The highest BCUT2D eigenvalue weighted by molar-refractivity contribution is 5.50. The van der Waals surface area contributed by atoms with Crippen molar-refractivity contribution in [2.45, 2.75) is 19.3 Å². The van der Waals surface area contributed by atoms with E-state index in [-0.39, 0.29) is 0 Å². The molecule has 2 rings (SSSR count). The van der Waals surface area contributed by atoms with Gasteiger partial charge in [0, 0.05) is 7.05 Å². The van der Waals surface area contributed by atoms with Crippen LogP contribution in [0.3, 0.4) is 0 Å². The maximum Gasteiger partial charge on any atom is 0.0638 e. The van der Waals surface area contributed by atoms with Crippen molar-refractivity contribution in [1.82, 2.24) is 0 Å². The number of benzene rings is 1. The fraction of sp³-hybridized carbons (Fsp3) is 0.455. The summed E-state index contributed by atoms with van der Waals surface area (Å²) in [6, 6.07) is 6.56. The van der Waals surface area contributed by atoms with Crippen molar-refractivity contribution in [3.05, 3.63) is 29.3 Å². The third-order valence-electron chi connectivity index (χ3n) is 2.72. The lowest BCUT2D eigenvalue weighted by Gasteiger charge is -2.16. The van der Waals surface area contributed by atoms with Crippen LogP contribution >= 0.6 is 0 Å². The van der Waals surface area contributed by atoms with E-state index in [4.69, 9.17) is 4.84 Å². The molecule has 13 heavy (non-hydrogen) atoms. The molecule has 70 valence electrons. The van der Waals surface area contributed by atoms with Crippen molar-refractivity contribution < 1.29 is 4.84 Å². The standard InChI is InChI=1S/C11H15NO/c1-12(13-2)11-7-6-9-4-3-5-10(9)8-11/h6-8H,3-5H2,1-2H3. The summed E-state index contributed by atoms with van der Waals surface area (Å²) < 4.78 is 0. The zero-order valence-electron chi connectivity index (χ0n) is 8.21. The van der Waals surface area contributed by atoms with Crippen LogP contribution in [0.25, 0.3) is 0 Å². The van der Waals surface area contributed by atoms with Crippen LogP contribution in [0.1, 0.15) is 17.5 Å². The second kappa shape index (κ2) is 3.38. The molecular weight excluding hydrogens is 162 g/mol. The first kappa shape index (κ1) is 8.57. The molecule has 0 spiro atoms. The van der Waals surface area contributed by atoms with Gasteiger partial charge in [-0.05, 0) is 42.5 Å². The molecule has 1 aliphatic carbocycles. The highest BCUT2D eigenvalue weighted by atomic mass is 16.7. The van der Waals surface area contributed by atoms with Crippen LogP contribution in [0, 0.1) is 0 Å². The van der Waals surface area contributed by atoms with Gasteiger partial charge in [0.05, 0.1) is 12.8 Å². The smallest absolute Gasteiger partial charge is 0.0638 e. The van der Waals surface area contributed by atoms with Crippen LogP contribution in [-0.2, 0) is 17.7 Å². The first-order valence-electron chi connectivity index (χ1n) is 4.71. The van der Waals surface area contributed by atoms with E-state index in [1.165, 1.54) is 30.4 Å². The minimum Gasteiger partial charge on any atom is -0.277 e. The van der Waals surface area contributed by atoms with E-state index in [1.54, 1.807) is 12.2 Å². The first-order chi connectivity index (χ1) is 6.31. The first-order valence-corrected chi connectivity index (χ1v) is 4.71. The third-order valence-corrected chi connectivity index (χ3v) is 2.72. The Balaban J connectivity index is 2.30. The second-order valence-corrected chi connectivity index (χ2v) is 3.49. The average Bonchev–Trinajstić information content (AvgIpc) is 2.63. The molecule has 1 aliphatic rings. The summed E-state index contributed by atoms with van der Waals surface area (Å²) in [4.78, 5) is 5.13. The van der Waals surface area contributed by atoms with Crippen LogP contribution in [0.4, 0.5) is 5.69 Å². The number of rotatable bonds is 2. The van der Waals surface area contributed by atoms with Gasteiger partial charge in [0.1, 0.15) is 0 Å². The highest BCUT2D eigenvalue weighted by Crippen LogP contribution is 2.26. The van der Waals surface area contributed by atoms with E-state index >= 15 is 0 Å². The molecule has 0 radical (unpaired) electrons. The van der Waals surface area contributed by atoms with Gasteiger partial charge in [-0.1, -0.05) is 6.07 Å². The van der Waals surface area contributed by atoms with Crippen LogP contribution in [-0.4, -0.2) is 14.2 Å². The average molecular weight is 177 g/mol. The fourth-order valence-corrected chi connectivity index (χ4v) is 1.86. The molecule has 0 amide bonds. The Bertz CT molecular complexity index is 309. The fourth-order valence-electron chi connectivity index (χ4n) is 1.86. The largest absolute Gasteiger partial charge is 0.277 e. The summed E-state index contributed by atoms with van der Waals surface area (Å²) in [6.07, 6.45) is 3.77. The quantitative estimate of drug-likeness (QED) is 0.642. The normalized spacial score (nSPS) is 14.3. The molecule has 1 aromatic carbocycles. The minimum atomic E-state index is 1.14. The lowest BCUT2D eigenvalue weighted by atomic mass is 10.1. The predicted octanol–water partition coefficient (Wildman–Crippen LogP) is 2.17. The molecule has 1 aromatic rings. The molecule has 0 saturated heterocycles. The van der Waals surface area contributed by atoms with Crippen molar-refractivity contribution in [1.29, 1.82) is 0 Å². The highest BCUT2D eigenvalue weighted by Gasteiger charge is 2.11. The van der Waals surface area contributed by atoms with Crippen molar-refractivity contribution in [2.24, 2.45) is 0 Å². The molecule has 2 nitrogen and oxygen atoms in total. The molecule has 0 heterocycles. The van der Waals surface area contributed by atoms with E-state index in [0.717, 1.165) is 5.69 Å². The summed E-state index contributed by atoms with van der Waals surface area (Å²) >= 11 is 0. The number of anilines is 1. The van der Waals surface area contributed by atoms with Crippen molar-refractivity contribution in [2.75, 3.05) is 19.2 Å². The van der Waals surface area contributed by atoms with Gasteiger partial charge in [0.15, 0.2) is 0 Å². The zero-order chi connectivity index (χ0) is 9.26. The molecule has 0 atom stereocenters. The molecule has 0 bridgehead atoms. The molecule has 0 aromatic heterocycles. The number of fused-ring (bicyclic) bond motifs is 1. The van der Waals surface area contributed by atoms with Gasteiger partial charge in [-0.2, -0.15) is 0 Å². The number of nitrogens with zero attached hydrogens (tertiary/aromatic N) is 1. The summed E-state index contributed by atoms with van der Waals surface area (Å²) in [7, 11) is 3.61. The Morgan fingerprint density at radius 3 is 2.77 bits per heavy atom. The van der Waals surface area contributed by atoms with Gasteiger partial charge in [-0.3, -0.25) is 9.90 Å². The Morgan fingerprint density at radius 2 is 2.00 bits per heavy atom. The zero-order valence-corrected chi connectivity index (χ0v) is 8.21. The third kappa shape index (κ3) is 1.54. The van der Waals surface area contributed by atoms with Gasteiger partial charge in [0.2, 0.25) is 0 Å². The van der Waals surface area contributed by atoms with Crippen LogP contribution in [0.5, 0.6) is 0 Å². The Morgan fingerprint density at radius 1 is 1.23 bits per heavy atom. The van der Waals surface area contributed by atoms with Gasteiger partial charge in [-0.15, -0.1) is 0 Å². The SMILES string of the molecule is CON(C)c1ccc2c(c1)CCC2. The Labute approximate surface area is 79.1 Å². The number of hydrogen-bond donors (Lipinski definition) is 0. The molecule has 2 heteroatoms. The van der Waals surface area contributed by atoms with E-state index in [9.17, 15) is 0 Å². The van der Waals surface area contributed by atoms with E-state index < -0.39 is 0 Å². The van der Waals surface area contributed by atoms with Crippen molar-refractivity contribution in [3.8, 4) is 0 Å². The van der Waals surface area contributed by atoms with Gasteiger partial charge < -0.3 is 0 Å². The topological polar surface area (TPSA) is 12.5 Å². The maximum absolute atomic E-state index is 5.13. The summed E-state index contributed by atoms with van der Waals surface area (Å²) in [5, 5.41) is 1.79. The van der Waals surface area contributed by atoms with Crippen molar-refractivity contribution >= 4 is 5.69 Å². The van der Waals surface area contributed by atoms with Crippen LogP contribution < -0.4 is 5.06 Å². The Kier molecular flexibility index (Phi) is 2.23. The number of aryl methyl sites for hydroxylation is 2. The molecule has 0 N–H and O–H groups in total. The van der Waals surface area contributed by atoms with E-state index in [0.29, 0.717) is 0 Å². The summed E-state index contributed by atoms with van der Waals surface area (Å²) in [5.41, 5.74) is 4.14. The Hall–Kier alpha value is -1.02.